The SMILES string of the molecule is O=C(COC(=O)CSC(=S)N1CCCC1)NCc1ccccc1Cl. The third-order valence-electron chi connectivity index (χ3n) is 3.48. The standard InChI is InChI=1S/C16H19ClN2O3S2/c17-13-6-2-1-5-12(13)9-18-14(20)10-22-15(21)11-24-16(23)19-7-3-4-8-19/h1-2,5-6H,3-4,7-11H2,(H,18,20). The van der Waals surface area contributed by atoms with Crippen molar-refractivity contribution in [2.75, 3.05) is 25.4 Å². The van der Waals surface area contributed by atoms with E-state index in [1.165, 1.54) is 11.8 Å². The summed E-state index contributed by atoms with van der Waals surface area (Å²) in [5.41, 5.74) is 0.811. The molecule has 1 heterocycles. The lowest BCUT2D eigenvalue weighted by Gasteiger charge is -2.17. The maximum absolute atomic E-state index is 11.7. The van der Waals surface area contributed by atoms with E-state index in [0.29, 0.717) is 15.9 Å². The van der Waals surface area contributed by atoms with Crippen LogP contribution in [0.3, 0.4) is 0 Å². The predicted molar refractivity (Wildman–Crippen MR) is 100 cm³/mol. The fourth-order valence-corrected chi connectivity index (χ4v) is 3.44. The Balaban J connectivity index is 1.61. The highest BCUT2D eigenvalue weighted by molar-refractivity contribution is 8.23. The number of thiocarbonyl (C=S) groups is 1. The molecule has 0 aliphatic carbocycles. The van der Waals surface area contributed by atoms with Crippen molar-refractivity contribution in [2.45, 2.75) is 19.4 Å². The molecule has 24 heavy (non-hydrogen) atoms. The van der Waals surface area contributed by atoms with Crippen molar-refractivity contribution in [2.24, 2.45) is 0 Å². The largest absolute Gasteiger partial charge is 0.455 e. The van der Waals surface area contributed by atoms with Crippen LogP contribution in [-0.4, -0.2) is 46.5 Å². The van der Waals surface area contributed by atoms with Gasteiger partial charge in [0.25, 0.3) is 5.91 Å². The number of rotatable bonds is 6. The summed E-state index contributed by atoms with van der Waals surface area (Å²) in [6.45, 7) is 1.89. The summed E-state index contributed by atoms with van der Waals surface area (Å²) in [5, 5.41) is 3.25. The lowest BCUT2D eigenvalue weighted by Crippen LogP contribution is -2.29. The van der Waals surface area contributed by atoms with Crippen molar-refractivity contribution >= 4 is 51.8 Å². The molecule has 1 fully saturated rings. The Morgan fingerprint density at radius 2 is 2.00 bits per heavy atom. The Labute approximate surface area is 156 Å². The summed E-state index contributed by atoms with van der Waals surface area (Å²) in [5.74, 6) is -0.697. The van der Waals surface area contributed by atoms with E-state index in [-0.39, 0.29) is 18.3 Å². The summed E-state index contributed by atoms with van der Waals surface area (Å²) in [6.07, 6.45) is 2.27. The van der Waals surface area contributed by atoms with Crippen LogP contribution in [0.15, 0.2) is 24.3 Å². The van der Waals surface area contributed by atoms with Gasteiger partial charge in [0.05, 0.1) is 5.75 Å². The van der Waals surface area contributed by atoms with E-state index in [4.69, 9.17) is 28.6 Å². The molecule has 1 aromatic carbocycles. The molecule has 1 saturated heterocycles. The molecule has 8 heteroatoms. The van der Waals surface area contributed by atoms with E-state index in [1.807, 2.05) is 18.2 Å². The summed E-state index contributed by atoms with van der Waals surface area (Å²) in [6, 6.07) is 7.24. The van der Waals surface area contributed by atoms with E-state index < -0.39 is 5.97 Å². The number of hydrogen-bond donors (Lipinski definition) is 1. The van der Waals surface area contributed by atoms with Crippen LogP contribution in [0.1, 0.15) is 18.4 Å². The predicted octanol–water partition coefficient (Wildman–Crippen LogP) is 2.61. The molecular weight excluding hydrogens is 368 g/mol. The first kappa shape index (κ1) is 19.0. The molecule has 0 atom stereocenters. The van der Waals surface area contributed by atoms with Crippen molar-refractivity contribution < 1.29 is 14.3 Å². The van der Waals surface area contributed by atoms with Gasteiger partial charge >= 0.3 is 5.97 Å². The van der Waals surface area contributed by atoms with Crippen LogP contribution < -0.4 is 5.32 Å². The Bertz CT molecular complexity index is 607. The summed E-state index contributed by atoms with van der Waals surface area (Å²) >= 11 is 12.5. The minimum atomic E-state index is -0.450. The topological polar surface area (TPSA) is 58.6 Å². The average molecular weight is 387 g/mol. The van der Waals surface area contributed by atoms with Crippen LogP contribution in [0.4, 0.5) is 0 Å². The maximum atomic E-state index is 11.7. The molecule has 1 aliphatic rings. The number of carbonyl (C=O) groups excluding carboxylic acids is 2. The lowest BCUT2D eigenvalue weighted by atomic mass is 10.2. The number of carbonyl (C=O) groups is 2. The molecule has 1 N–H and O–H groups in total. The third-order valence-corrected chi connectivity index (χ3v) is 5.34. The minimum absolute atomic E-state index is 0.118. The second kappa shape index (κ2) is 9.86. The number of thioether (sulfide) groups is 1. The second-order valence-corrected chi connectivity index (χ2v) is 7.29. The van der Waals surface area contributed by atoms with Crippen LogP contribution in [0.5, 0.6) is 0 Å². The molecule has 0 spiro atoms. The third kappa shape index (κ3) is 6.30. The van der Waals surface area contributed by atoms with Gasteiger partial charge in [0.1, 0.15) is 4.32 Å². The van der Waals surface area contributed by atoms with Gasteiger partial charge in [-0.1, -0.05) is 53.8 Å². The molecule has 130 valence electrons. The minimum Gasteiger partial charge on any atom is -0.455 e. The normalized spacial score (nSPS) is 13.6. The number of amides is 1. The Morgan fingerprint density at radius 3 is 2.71 bits per heavy atom. The molecule has 0 unspecified atom stereocenters. The fraction of sp³-hybridized carbons (Fsp3) is 0.438. The van der Waals surface area contributed by atoms with Crippen molar-refractivity contribution in [1.29, 1.82) is 0 Å². The summed E-state index contributed by atoms with van der Waals surface area (Å²) < 4.78 is 5.67. The highest BCUT2D eigenvalue weighted by Crippen LogP contribution is 2.16. The molecule has 0 radical (unpaired) electrons. The number of hydrogen-bond acceptors (Lipinski definition) is 5. The van der Waals surface area contributed by atoms with E-state index in [0.717, 1.165) is 31.5 Å². The Hall–Kier alpha value is -1.31. The quantitative estimate of drug-likeness (QED) is 0.599. The first-order valence-corrected chi connectivity index (χ1v) is 9.41. The zero-order valence-electron chi connectivity index (χ0n) is 13.1. The number of likely N-dealkylation sites (tertiary alicyclic amines) is 1. The van der Waals surface area contributed by atoms with E-state index >= 15 is 0 Å². The van der Waals surface area contributed by atoms with Crippen LogP contribution in [0, 0.1) is 0 Å². The number of esters is 1. The molecular formula is C16H19ClN2O3S2. The Kier molecular flexibility index (Phi) is 7.81. The number of halogens is 1. The zero-order chi connectivity index (χ0) is 17.4. The summed E-state index contributed by atoms with van der Waals surface area (Å²) in [7, 11) is 0. The van der Waals surface area contributed by atoms with Crippen LogP contribution in [0.2, 0.25) is 5.02 Å². The van der Waals surface area contributed by atoms with Gasteiger partial charge in [0, 0.05) is 24.7 Å². The van der Waals surface area contributed by atoms with E-state index in [9.17, 15) is 9.59 Å². The van der Waals surface area contributed by atoms with Gasteiger partial charge in [-0.3, -0.25) is 9.59 Å². The van der Waals surface area contributed by atoms with Gasteiger partial charge in [-0.25, -0.2) is 0 Å². The van der Waals surface area contributed by atoms with Gasteiger partial charge in [0.15, 0.2) is 6.61 Å². The van der Waals surface area contributed by atoms with Crippen LogP contribution in [-0.2, 0) is 20.9 Å². The molecule has 1 aliphatic heterocycles. The fourth-order valence-electron chi connectivity index (χ4n) is 2.19. The van der Waals surface area contributed by atoms with Crippen LogP contribution in [0.25, 0.3) is 0 Å². The van der Waals surface area contributed by atoms with Gasteiger partial charge < -0.3 is 15.0 Å². The lowest BCUT2D eigenvalue weighted by molar-refractivity contribution is -0.145. The van der Waals surface area contributed by atoms with Gasteiger partial charge in [-0.05, 0) is 24.5 Å². The first-order valence-electron chi connectivity index (χ1n) is 7.63. The highest BCUT2D eigenvalue weighted by Gasteiger charge is 2.17. The van der Waals surface area contributed by atoms with Crippen molar-refractivity contribution in [3.8, 4) is 0 Å². The number of nitrogens with zero attached hydrogens (tertiary/aromatic N) is 1. The molecule has 5 nitrogen and oxygen atoms in total. The molecule has 0 saturated carbocycles. The van der Waals surface area contributed by atoms with Crippen molar-refractivity contribution in [1.82, 2.24) is 10.2 Å². The molecule has 0 bridgehead atoms. The zero-order valence-corrected chi connectivity index (χ0v) is 15.5. The van der Waals surface area contributed by atoms with E-state index in [2.05, 4.69) is 10.2 Å². The maximum Gasteiger partial charge on any atom is 0.316 e. The van der Waals surface area contributed by atoms with Crippen LogP contribution >= 0.6 is 35.6 Å². The number of nitrogens with one attached hydrogen (secondary N) is 1. The number of ether oxygens (including phenoxy) is 1. The average Bonchev–Trinajstić information content (AvgIpc) is 3.11. The second-order valence-electron chi connectivity index (χ2n) is 5.28. The monoisotopic (exact) mass is 386 g/mol. The molecule has 1 aromatic rings. The van der Waals surface area contributed by atoms with Crippen molar-refractivity contribution in [3.05, 3.63) is 34.9 Å². The molecule has 2 rings (SSSR count). The smallest absolute Gasteiger partial charge is 0.316 e. The molecule has 1 amide bonds. The van der Waals surface area contributed by atoms with Gasteiger partial charge in [-0.15, -0.1) is 0 Å². The number of benzene rings is 1. The van der Waals surface area contributed by atoms with E-state index in [1.54, 1.807) is 6.07 Å². The van der Waals surface area contributed by atoms with Gasteiger partial charge in [-0.2, -0.15) is 0 Å². The summed E-state index contributed by atoms with van der Waals surface area (Å²) in [4.78, 5) is 25.5. The van der Waals surface area contributed by atoms with Crippen molar-refractivity contribution in [3.63, 3.8) is 0 Å². The Morgan fingerprint density at radius 1 is 1.29 bits per heavy atom. The highest BCUT2D eigenvalue weighted by atomic mass is 35.5. The molecule has 0 aromatic heterocycles. The first-order chi connectivity index (χ1) is 11.6. The van der Waals surface area contributed by atoms with Gasteiger partial charge in [0.2, 0.25) is 0 Å².